The standard InChI is InChI=1S/C13H19NO3/c1-4-16-10-6-7-12(17-5-2)11(8-10)13(15)9(3)14/h6-9H,4-5,14H2,1-3H3. The molecule has 0 saturated carbocycles. The van der Waals surface area contributed by atoms with Gasteiger partial charge >= 0.3 is 0 Å². The van der Waals surface area contributed by atoms with Crippen molar-refractivity contribution in [1.82, 2.24) is 0 Å². The van der Waals surface area contributed by atoms with Gasteiger partial charge in [0.1, 0.15) is 11.5 Å². The van der Waals surface area contributed by atoms with Gasteiger partial charge in [-0.15, -0.1) is 0 Å². The average Bonchev–Trinajstić information content (AvgIpc) is 2.30. The Kier molecular flexibility index (Phi) is 4.97. The number of rotatable bonds is 6. The molecule has 4 heteroatoms. The summed E-state index contributed by atoms with van der Waals surface area (Å²) >= 11 is 0. The highest BCUT2D eigenvalue weighted by atomic mass is 16.5. The quantitative estimate of drug-likeness (QED) is 0.769. The Bertz CT molecular complexity index is 388. The molecule has 0 saturated heterocycles. The van der Waals surface area contributed by atoms with Crippen molar-refractivity contribution < 1.29 is 14.3 Å². The highest BCUT2D eigenvalue weighted by molar-refractivity contribution is 6.02. The van der Waals surface area contributed by atoms with Gasteiger partial charge in [-0.25, -0.2) is 0 Å². The third kappa shape index (κ3) is 3.46. The van der Waals surface area contributed by atoms with Crippen LogP contribution in [-0.4, -0.2) is 25.0 Å². The molecule has 1 atom stereocenters. The molecule has 0 heterocycles. The first kappa shape index (κ1) is 13.5. The second-order valence-corrected chi connectivity index (χ2v) is 3.68. The Labute approximate surface area is 102 Å². The van der Waals surface area contributed by atoms with Gasteiger partial charge < -0.3 is 15.2 Å². The van der Waals surface area contributed by atoms with E-state index in [4.69, 9.17) is 15.2 Å². The summed E-state index contributed by atoms with van der Waals surface area (Å²) in [6, 6.07) is 4.66. The summed E-state index contributed by atoms with van der Waals surface area (Å²) in [5, 5.41) is 0. The van der Waals surface area contributed by atoms with Crippen molar-refractivity contribution >= 4 is 5.78 Å². The van der Waals surface area contributed by atoms with Crippen molar-refractivity contribution in [2.75, 3.05) is 13.2 Å². The molecule has 0 aliphatic rings. The lowest BCUT2D eigenvalue weighted by Crippen LogP contribution is -2.27. The average molecular weight is 237 g/mol. The highest BCUT2D eigenvalue weighted by Gasteiger charge is 2.17. The van der Waals surface area contributed by atoms with Crippen LogP contribution < -0.4 is 15.2 Å². The van der Waals surface area contributed by atoms with Crippen LogP contribution in [0.25, 0.3) is 0 Å². The molecule has 1 rings (SSSR count). The Morgan fingerprint density at radius 1 is 1.29 bits per heavy atom. The molecule has 0 aliphatic heterocycles. The van der Waals surface area contributed by atoms with Crippen LogP contribution in [0.2, 0.25) is 0 Å². The zero-order chi connectivity index (χ0) is 12.8. The molecular formula is C13H19NO3. The largest absolute Gasteiger partial charge is 0.494 e. The molecule has 2 N–H and O–H groups in total. The third-order valence-electron chi connectivity index (χ3n) is 2.24. The van der Waals surface area contributed by atoms with Gasteiger partial charge in [-0.1, -0.05) is 0 Å². The van der Waals surface area contributed by atoms with Crippen molar-refractivity contribution in [1.29, 1.82) is 0 Å². The molecule has 0 aromatic heterocycles. The number of carbonyl (C=O) groups excluding carboxylic acids is 1. The SMILES string of the molecule is CCOc1ccc(OCC)c(C(=O)C(C)N)c1. The van der Waals surface area contributed by atoms with E-state index in [2.05, 4.69) is 0 Å². The van der Waals surface area contributed by atoms with Crippen LogP contribution in [0.5, 0.6) is 11.5 Å². The molecule has 4 nitrogen and oxygen atoms in total. The second-order valence-electron chi connectivity index (χ2n) is 3.68. The first-order chi connectivity index (χ1) is 8.10. The zero-order valence-corrected chi connectivity index (χ0v) is 10.5. The number of hydrogen-bond acceptors (Lipinski definition) is 4. The number of ether oxygens (including phenoxy) is 2. The highest BCUT2D eigenvalue weighted by Crippen LogP contribution is 2.25. The van der Waals surface area contributed by atoms with Crippen LogP contribution in [0.15, 0.2) is 18.2 Å². The summed E-state index contributed by atoms with van der Waals surface area (Å²) in [6.07, 6.45) is 0. The Morgan fingerprint density at radius 2 is 1.94 bits per heavy atom. The van der Waals surface area contributed by atoms with E-state index < -0.39 is 6.04 Å². The van der Waals surface area contributed by atoms with E-state index >= 15 is 0 Å². The fourth-order valence-corrected chi connectivity index (χ4v) is 1.48. The number of carbonyl (C=O) groups is 1. The smallest absolute Gasteiger partial charge is 0.183 e. The molecule has 94 valence electrons. The van der Waals surface area contributed by atoms with Crippen molar-refractivity contribution in [2.45, 2.75) is 26.8 Å². The molecule has 1 unspecified atom stereocenters. The minimum Gasteiger partial charge on any atom is -0.494 e. The van der Waals surface area contributed by atoms with E-state index in [1.54, 1.807) is 25.1 Å². The lowest BCUT2D eigenvalue weighted by Gasteiger charge is -2.13. The first-order valence-electron chi connectivity index (χ1n) is 5.79. The third-order valence-corrected chi connectivity index (χ3v) is 2.24. The molecule has 1 aromatic carbocycles. The minimum absolute atomic E-state index is 0.144. The molecular weight excluding hydrogens is 218 g/mol. The summed E-state index contributed by atoms with van der Waals surface area (Å²) in [6.45, 7) is 6.48. The van der Waals surface area contributed by atoms with Crippen LogP contribution in [-0.2, 0) is 0 Å². The summed E-state index contributed by atoms with van der Waals surface area (Å²) in [4.78, 5) is 11.9. The fraction of sp³-hybridized carbons (Fsp3) is 0.462. The maximum atomic E-state index is 11.9. The Hall–Kier alpha value is -1.55. The van der Waals surface area contributed by atoms with E-state index in [1.807, 2.05) is 13.8 Å². The van der Waals surface area contributed by atoms with Gasteiger partial charge in [-0.2, -0.15) is 0 Å². The number of ketones is 1. The number of Topliss-reactive ketones (excluding diaryl/α,β-unsaturated/α-hetero) is 1. The predicted molar refractivity (Wildman–Crippen MR) is 66.8 cm³/mol. The van der Waals surface area contributed by atoms with Gasteiger partial charge in [0.05, 0.1) is 24.8 Å². The van der Waals surface area contributed by atoms with E-state index in [9.17, 15) is 4.79 Å². The summed E-state index contributed by atoms with van der Waals surface area (Å²) in [7, 11) is 0. The molecule has 0 fully saturated rings. The second kappa shape index (κ2) is 6.25. The van der Waals surface area contributed by atoms with Gasteiger partial charge in [0.15, 0.2) is 5.78 Å². The van der Waals surface area contributed by atoms with Gasteiger partial charge in [0.2, 0.25) is 0 Å². The number of nitrogens with two attached hydrogens (primary N) is 1. The van der Waals surface area contributed by atoms with Crippen molar-refractivity contribution in [3.05, 3.63) is 23.8 Å². The molecule has 0 amide bonds. The maximum absolute atomic E-state index is 11.9. The molecule has 1 aromatic rings. The minimum atomic E-state index is -0.550. The molecule has 0 bridgehead atoms. The molecule has 0 spiro atoms. The van der Waals surface area contributed by atoms with Crippen LogP contribution in [0.4, 0.5) is 0 Å². The van der Waals surface area contributed by atoms with E-state index in [-0.39, 0.29) is 5.78 Å². The van der Waals surface area contributed by atoms with Gasteiger partial charge in [-0.05, 0) is 39.0 Å². The normalized spacial score (nSPS) is 12.0. The fourth-order valence-electron chi connectivity index (χ4n) is 1.48. The van der Waals surface area contributed by atoms with E-state index in [0.717, 1.165) is 0 Å². The van der Waals surface area contributed by atoms with E-state index in [1.165, 1.54) is 0 Å². The van der Waals surface area contributed by atoms with Gasteiger partial charge in [-0.3, -0.25) is 4.79 Å². The number of hydrogen-bond donors (Lipinski definition) is 1. The lowest BCUT2D eigenvalue weighted by molar-refractivity contribution is 0.0963. The van der Waals surface area contributed by atoms with Gasteiger partial charge in [0.25, 0.3) is 0 Å². The molecule has 0 radical (unpaired) electrons. The van der Waals surface area contributed by atoms with Crippen molar-refractivity contribution in [2.24, 2.45) is 5.73 Å². The van der Waals surface area contributed by atoms with E-state index in [0.29, 0.717) is 30.3 Å². The monoisotopic (exact) mass is 237 g/mol. The number of benzene rings is 1. The summed E-state index contributed by atoms with van der Waals surface area (Å²) < 4.78 is 10.8. The first-order valence-corrected chi connectivity index (χ1v) is 5.79. The van der Waals surface area contributed by atoms with Crippen molar-refractivity contribution in [3.63, 3.8) is 0 Å². The predicted octanol–water partition coefficient (Wildman–Crippen LogP) is 2.01. The van der Waals surface area contributed by atoms with Crippen LogP contribution >= 0.6 is 0 Å². The summed E-state index contributed by atoms with van der Waals surface area (Å²) in [5.41, 5.74) is 6.09. The topological polar surface area (TPSA) is 61.5 Å². The van der Waals surface area contributed by atoms with Crippen molar-refractivity contribution in [3.8, 4) is 11.5 Å². The lowest BCUT2D eigenvalue weighted by atomic mass is 10.0. The molecule has 17 heavy (non-hydrogen) atoms. The maximum Gasteiger partial charge on any atom is 0.183 e. The summed E-state index contributed by atoms with van der Waals surface area (Å²) in [5.74, 6) is 1.06. The van der Waals surface area contributed by atoms with Crippen LogP contribution in [0, 0.1) is 0 Å². The van der Waals surface area contributed by atoms with Crippen LogP contribution in [0.1, 0.15) is 31.1 Å². The Balaban J connectivity index is 3.10. The zero-order valence-electron chi connectivity index (χ0n) is 10.5. The Morgan fingerprint density at radius 3 is 2.47 bits per heavy atom. The van der Waals surface area contributed by atoms with Gasteiger partial charge in [0, 0.05) is 0 Å². The van der Waals surface area contributed by atoms with Crippen LogP contribution in [0.3, 0.4) is 0 Å². The molecule has 0 aliphatic carbocycles.